The molecular weight excluding hydrogens is 231 g/mol. The Kier molecular flexibility index (Phi) is 5.61. The number of ether oxygens (including phenoxy) is 1. The van der Waals surface area contributed by atoms with Crippen LogP contribution in [0.15, 0.2) is 30.3 Å². The third-order valence-corrected chi connectivity index (χ3v) is 2.34. The van der Waals surface area contributed by atoms with Crippen LogP contribution in [-0.4, -0.2) is 19.2 Å². The van der Waals surface area contributed by atoms with Crippen molar-refractivity contribution < 1.29 is 23.1 Å². The van der Waals surface area contributed by atoms with E-state index in [2.05, 4.69) is 4.74 Å². The lowest BCUT2D eigenvalue weighted by atomic mass is 10.3. The molecule has 6 heteroatoms. The number of carbonyl (C=O) groups excluding carboxylic acids is 1. The predicted octanol–water partition coefficient (Wildman–Crippen LogP) is 2.03. The van der Waals surface area contributed by atoms with E-state index in [-0.39, 0.29) is 13.2 Å². The second-order valence-electron chi connectivity index (χ2n) is 2.76. The van der Waals surface area contributed by atoms with Crippen molar-refractivity contribution in [1.29, 1.82) is 0 Å². The number of esters is 1. The van der Waals surface area contributed by atoms with Gasteiger partial charge in [-0.25, -0.2) is 9.36 Å². The van der Waals surface area contributed by atoms with Gasteiger partial charge in [-0.15, -0.1) is 0 Å². The van der Waals surface area contributed by atoms with E-state index in [1.165, 1.54) is 0 Å². The first-order valence-corrected chi connectivity index (χ1v) is 6.00. The van der Waals surface area contributed by atoms with Gasteiger partial charge in [0, 0.05) is 0 Å². The highest BCUT2D eigenvalue weighted by atomic mass is 31.1. The molecule has 0 aliphatic rings. The summed E-state index contributed by atoms with van der Waals surface area (Å²) in [4.78, 5) is 10.9. The highest BCUT2D eigenvalue weighted by Crippen LogP contribution is 2.27. The molecule has 0 heterocycles. The van der Waals surface area contributed by atoms with Crippen molar-refractivity contribution in [3.63, 3.8) is 0 Å². The molecule has 0 N–H and O–H groups in total. The maximum absolute atomic E-state index is 11.3. The van der Waals surface area contributed by atoms with Gasteiger partial charge in [0.25, 0.3) is 0 Å². The summed E-state index contributed by atoms with van der Waals surface area (Å²) in [6.07, 6.45) is 0. The quantitative estimate of drug-likeness (QED) is 0.566. The van der Waals surface area contributed by atoms with Crippen LogP contribution in [0.4, 0.5) is 0 Å². The molecule has 1 rings (SSSR count). The zero-order valence-corrected chi connectivity index (χ0v) is 9.84. The molecule has 0 saturated carbocycles. The van der Waals surface area contributed by atoms with Crippen molar-refractivity contribution >= 4 is 14.2 Å². The Morgan fingerprint density at radius 1 is 1.31 bits per heavy atom. The largest absolute Gasteiger partial charge is 0.464 e. The molecule has 88 valence electrons. The third kappa shape index (κ3) is 4.96. The second-order valence-corrected chi connectivity index (χ2v) is 3.75. The first-order chi connectivity index (χ1) is 7.72. The first kappa shape index (κ1) is 12.7. The Bertz CT molecular complexity index is 351. The van der Waals surface area contributed by atoms with Crippen LogP contribution in [0.5, 0.6) is 5.75 Å². The predicted molar refractivity (Wildman–Crippen MR) is 58.7 cm³/mol. The minimum atomic E-state index is -2.71. The van der Waals surface area contributed by atoms with E-state index in [9.17, 15) is 9.36 Å². The van der Waals surface area contributed by atoms with Crippen LogP contribution < -0.4 is 4.52 Å². The van der Waals surface area contributed by atoms with Gasteiger partial charge < -0.3 is 9.26 Å². The van der Waals surface area contributed by atoms with Crippen LogP contribution >= 0.6 is 8.25 Å². The fraction of sp³-hybridized carbons (Fsp3) is 0.300. The molecule has 0 saturated heterocycles. The highest BCUT2D eigenvalue weighted by Gasteiger charge is 2.06. The topological polar surface area (TPSA) is 61.8 Å². The van der Waals surface area contributed by atoms with Crippen molar-refractivity contribution in [2.45, 2.75) is 6.92 Å². The van der Waals surface area contributed by atoms with Gasteiger partial charge in [-0.1, -0.05) is 18.2 Å². The fourth-order valence-corrected chi connectivity index (χ4v) is 1.56. The van der Waals surface area contributed by atoms with Crippen LogP contribution in [0.2, 0.25) is 0 Å². The van der Waals surface area contributed by atoms with Crippen molar-refractivity contribution in [1.82, 2.24) is 0 Å². The van der Waals surface area contributed by atoms with Gasteiger partial charge in [-0.05, 0) is 19.1 Å². The lowest BCUT2D eigenvalue weighted by Gasteiger charge is -2.06. The number of rotatable bonds is 6. The Labute approximate surface area is 94.3 Å². The maximum atomic E-state index is 11.3. The van der Waals surface area contributed by atoms with Gasteiger partial charge in [-0.3, -0.25) is 4.52 Å². The molecule has 16 heavy (non-hydrogen) atoms. The van der Waals surface area contributed by atoms with Crippen LogP contribution in [0.25, 0.3) is 0 Å². The average Bonchev–Trinajstić information content (AvgIpc) is 2.28. The van der Waals surface area contributed by atoms with Gasteiger partial charge in [-0.2, -0.15) is 0 Å². The Balaban J connectivity index is 2.29. The molecule has 0 fully saturated rings. The number of hydrogen-bond donors (Lipinski definition) is 0. The number of carbonyl (C=O) groups is 1. The Hall–Kier alpha value is -1.32. The highest BCUT2D eigenvalue weighted by molar-refractivity contribution is 7.33. The molecule has 5 nitrogen and oxygen atoms in total. The van der Waals surface area contributed by atoms with Gasteiger partial charge in [0.05, 0.1) is 6.61 Å². The van der Waals surface area contributed by atoms with E-state index in [1.807, 2.05) is 6.07 Å². The zero-order valence-electron chi connectivity index (χ0n) is 8.84. The number of benzene rings is 1. The summed E-state index contributed by atoms with van der Waals surface area (Å²) >= 11 is 0. The standard InChI is InChI=1S/C10H13O5P/c1-2-13-10(11)8-14-16(12)15-9-6-4-3-5-7-9/h3-7,16H,2,8H2,1H3. The summed E-state index contributed by atoms with van der Waals surface area (Å²) in [5.41, 5.74) is 0. The zero-order chi connectivity index (χ0) is 11.8. The van der Waals surface area contributed by atoms with Gasteiger partial charge >= 0.3 is 14.2 Å². The lowest BCUT2D eigenvalue weighted by molar-refractivity contribution is -0.145. The van der Waals surface area contributed by atoms with E-state index < -0.39 is 14.2 Å². The fourth-order valence-electron chi connectivity index (χ4n) is 0.935. The van der Waals surface area contributed by atoms with Gasteiger partial charge in [0.2, 0.25) is 0 Å². The molecule has 0 amide bonds. The number of hydrogen-bond acceptors (Lipinski definition) is 5. The molecule has 0 radical (unpaired) electrons. The molecule has 0 spiro atoms. The lowest BCUT2D eigenvalue weighted by Crippen LogP contribution is -2.10. The normalized spacial score (nSPS) is 11.8. The third-order valence-electron chi connectivity index (χ3n) is 1.56. The Morgan fingerprint density at radius 3 is 2.62 bits per heavy atom. The molecule has 0 aromatic heterocycles. The molecule has 0 aliphatic heterocycles. The summed E-state index contributed by atoms with van der Waals surface area (Å²) < 4.78 is 25.5. The summed E-state index contributed by atoms with van der Waals surface area (Å²) in [7, 11) is -2.71. The number of para-hydroxylation sites is 1. The molecule has 1 aromatic carbocycles. The summed E-state index contributed by atoms with van der Waals surface area (Å²) in [5, 5.41) is 0. The average molecular weight is 244 g/mol. The molecule has 0 bridgehead atoms. The monoisotopic (exact) mass is 244 g/mol. The van der Waals surface area contributed by atoms with Gasteiger partial charge in [0.1, 0.15) is 5.75 Å². The maximum Gasteiger partial charge on any atom is 0.368 e. The minimum absolute atomic E-state index is 0.267. The van der Waals surface area contributed by atoms with E-state index in [4.69, 9.17) is 9.05 Å². The molecule has 1 atom stereocenters. The molecule has 0 aliphatic carbocycles. The van der Waals surface area contributed by atoms with E-state index >= 15 is 0 Å². The minimum Gasteiger partial charge on any atom is -0.464 e. The van der Waals surface area contributed by atoms with Crippen molar-refractivity contribution in [3.8, 4) is 5.75 Å². The van der Waals surface area contributed by atoms with Crippen LogP contribution in [0, 0.1) is 0 Å². The second kappa shape index (κ2) is 7.04. The summed E-state index contributed by atoms with van der Waals surface area (Å²) in [6.45, 7) is 1.59. The van der Waals surface area contributed by atoms with E-state index in [0.717, 1.165) is 0 Å². The molecule has 1 aromatic rings. The van der Waals surface area contributed by atoms with Gasteiger partial charge in [0.15, 0.2) is 6.61 Å². The van der Waals surface area contributed by atoms with Crippen molar-refractivity contribution in [2.75, 3.05) is 13.2 Å². The smallest absolute Gasteiger partial charge is 0.368 e. The van der Waals surface area contributed by atoms with Crippen LogP contribution in [0.1, 0.15) is 6.92 Å². The first-order valence-electron chi connectivity index (χ1n) is 4.77. The molecular formula is C10H13O5P. The van der Waals surface area contributed by atoms with E-state index in [0.29, 0.717) is 5.75 Å². The van der Waals surface area contributed by atoms with Crippen LogP contribution in [-0.2, 0) is 18.6 Å². The van der Waals surface area contributed by atoms with Crippen molar-refractivity contribution in [3.05, 3.63) is 30.3 Å². The summed E-state index contributed by atoms with van der Waals surface area (Å²) in [5.74, 6) is -0.118. The van der Waals surface area contributed by atoms with E-state index in [1.54, 1.807) is 31.2 Å². The molecule has 1 unspecified atom stereocenters. The SMILES string of the molecule is CCOC(=O)CO[PH](=O)Oc1ccccc1. The Morgan fingerprint density at radius 2 is 2.00 bits per heavy atom. The van der Waals surface area contributed by atoms with Crippen molar-refractivity contribution in [2.24, 2.45) is 0 Å². The summed E-state index contributed by atoms with van der Waals surface area (Å²) in [6, 6.07) is 8.60. The van der Waals surface area contributed by atoms with Crippen LogP contribution in [0.3, 0.4) is 0 Å².